The fraction of sp³-hybridized carbons (Fsp3) is 0.154. The summed E-state index contributed by atoms with van der Waals surface area (Å²) < 4.78 is 0. The van der Waals surface area contributed by atoms with Gasteiger partial charge in [-0.3, -0.25) is 4.79 Å². The van der Waals surface area contributed by atoms with Gasteiger partial charge in [0.1, 0.15) is 0 Å². The number of alkyl halides is 1. The molecule has 0 fully saturated rings. The van der Waals surface area contributed by atoms with Crippen LogP contribution in [-0.4, -0.2) is 11.2 Å². The Morgan fingerprint density at radius 1 is 1.13 bits per heavy atom. The molecule has 15 heavy (non-hydrogen) atoms. The maximum absolute atomic E-state index is 11.7. The molecule has 0 saturated carbocycles. The Kier molecular flexibility index (Phi) is 2.74. The number of rotatable bonds is 2. The molecule has 0 unspecified atom stereocenters. The topological polar surface area (TPSA) is 17.1 Å². The van der Waals surface area contributed by atoms with Gasteiger partial charge in [0, 0.05) is 5.56 Å². The summed E-state index contributed by atoms with van der Waals surface area (Å²) in [6, 6.07) is 13.6. The van der Waals surface area contributed by atoms with E-state index in [-0.39, 0.29) is 5.78 Å². The van der Waals surface area contributed by atoms with Crippen molar-refractivity contribution in [3.63, 3.8) is 0 Å². The van der Waals surface area contributed by atoms with Gasteiger partial charge in [0.25, 0.3) is 0 Å². The Labute approximate surface area is 93.7 Å². The van der Waals surface area contributed by atoms with Crippen molar-refractivity contribution in [2.75, 3.05) is 0 Å². The SMILES string of the molecule is C[C@H](Cl)C(=O)c1ccc2ccccc2c1. The normalized spacial score (nSPS) is 12.7. The fourth-order valence-corrected chi connectivity index (χ4v) is 1.70. The van der Waals surface area contributed by atoms with Crippen molar-refractivity contribution in [3.05, 3.63) is 48.0 Å². The molecule has 0 spiro atoms. The van der Waals surface area contributed by atoms with Crippen LogP contribution in [0.25, 0.3) is 10.8 Å². The largest absolute Gasteiger partial charge is 0.293 e. The Morgan fingerprint density at radius 3 is 2.47 bits per heavy atom. The molecule has 0 aliphatic carbocycles. The summed E-state index contributed by atoms with van der Waals surface area (Å²) >= 11 is 5.76. The second kappa shape index (κ2) is 4.03. The summed E-state index contributed by atoms with van der Waals surface area (Å²) in [4.78, 5) is 11.7. The summed E-state index contributed by atoms with van der Waals surface area (Å²) in [5.74, 6) is -0.0255. The molecule has 0 aromatic heterocycles. The molecule has 0 amide bonds. The van der Waals surface area contributed by atoms with Crippen LogP contribution < -0.4 is 0 Å². The van der Waals surface area contributed by atoms with Crippen molar-refractivity contribution >= 4 is 28.2 Å². The van der Waals surface area contributed by atoms with E-state index < -0.39 is 5.38 Å². The molecule has 0 aliphatic heterocycles. The minimum absolute atomic E-state index is 0.0255. The second-order valence-electron chi connectivity index (χ2n) is 3.54. The number of halogens is 1. The van der Waals surface area contributed by atoms with Gasteiger partial charge in [0.2, 0.25) is 0 Å². The highest BCUT2D eigenvalue weighted by Crippen LogP contribution is 2.17. The number of carbonyl (C=O) groups is 1. The number of carbonyl (C=O) groups excluding carboxylic acids is 1. The first-order valence-electron chi connectivity index (χ1n) is 4.85. The van der Waals surface area contributed by atoms with Gasteiger partial charge in [-0.25, -0.2) is 0 Å². The highest BCUT2D eigenvalue weighted by Gasteiger charge is 2.11. The molecule has 2 heteroatoms. The molecule has 0 radical (unpaired) electrons. The Hall–Kier alpha value is -1.34. The van der Waals surface area contributed by atoms with Gasteiger partial charge in [-0.1, -0.05) is 36.4 Å². The third-order valence-electron chi connectivity index (χ3n) is 2.40. The highest BCUT2D eigenvalue weighted by molar-refractivity contribution is 6.33. The monoisotopic (exact) mass is 218 g/mol. The summed E-state index contributed by atoms with van der Waals surface area (Å²) in [5, 5.41) is 1.74. The van der Waals surface area contributed by atoms with Gasteiger partial charge in [0.05, 0.1) is 5.38 Å². The van der Waals surface area contributed by atoms with Crippen molar-refractivity contribution in [1.82, 2.24) is 0 Å². The Morgan fingerprint density at radius 2 is 1.80 bits per heavy atom. The first-order chi connectivity index (χ1) is 7.18. The van der Waals surface area contributed by atoms with E-state index in [1.54, 1.807) is 6.92 Å². The third-order valence-corrected chi connectivity index (χ3v) is 2.59. The van der Waals surface area contributed by atoms with Gasteiger partial charge in [0.15, 0.2) is 5.78 Å². The molecular weight excluding hydrogens is 208 g/mol. The molecule has 0 N–H and O–H groups in total. The van der Waals surface area contributed by atoms with E-state index >= 15 is 0 Å². The molecule has 0 heterocycles. The predicted molar refractivity (Wildman–Crippen MR) is 63.6 cm³/mol. The number of fused-ring (bicyclic) bond motifs is 1. The van der Waals surface area contributed by atoms with Crippen molar-refractivity contribution < 1.29 is 4.79 Å². The molecule has 2 rings (SSSR count). The van der Waals surface area contributed by atoms with Gasteiger partial charge < -0.3 is 0 Å². The van der Waals surface area contributed by atoms with Gasteiger partial charge in [-0.2, -0.15) is 0 Å². The van der Waals surface area contributed by atoms with Crippen molar-refractivity contribution in [2.24, 2.45) is 0 Å². The number of Topliss-reactive ketones (excluding diaryl/α,β-unsaturated/α-hetero) is 1. The van der Waals surface area contributed by atoms with Crippen LogP contribution in [0, 0.1) is 0 Å². The highest BCUT2D eigenvalue weighted by atomic mass is 35.5. The molecule has 0 saturated heterocycles. The lowest BCUT2D eigenvalue weighted by molar-refractivity contribution is 0.0992. The predicted octanol–water partition coefficient (Wildman–Crippen LogP) is 3.65. The first-order valence-corrected chi connectivity index (χ1v) is 5.29. The van der Waals surface area contributed by atoms with Crippen LogP contribution in [0.15, 0.2) is 42.5 Å². The average molecular weight is 219 g/mol. The smallest absolute Gasteiger partial charge is 0.180 e. The van der Waals surface area contributed by atoms with Gasteiger partial charge in [-0.05, 0) is 23.8 Å². The first kappa shape index (κ1) is 10.2. The van der Waals surface area contributed by atoms with E-state index in [0.717, 1.165) is 10.8 Å². The third kappa shape index (κ3) is 2.02. The number of ketones is 1. The summed E-state index contributed by atoms with van der Waals surface area (Å²) in [5.41, 5.74) is 0.677. The van der Waals surface area contributed by atoms with Crippen LogP contribution in [0.1, 0.15) is 17.3 Å². The van der Waals surface area contributed by atoms with Gasteiger partial charge >= 0.3 is 0 Å². The zero-order valence-electron chi connectivity index (χ0n) is 8.41. The summed E-state index contributed by atoms with van der Waals surface area (Å²) in [6.45, 7) is 1.69. The average Bonchev–Trinajstić information content (AvgIpc) is 2.27. The summed E-state index contributed by atoms with van der Waals surface area (Å²) in [6.07, 6.45) is 0. The van der Waals surface area contributed by atoms with Crippen LogP contribution in [0.3, 0.4) is 0 Å². The second-order valence-corrected chi connectivity index (χ2v) is 4.20. The minimum atomic E-state index is -0.467. The quantitative estimate of drug-likeness (QED) is 0.556. The lowest BCUT2D eigenvalue weighted by Gasteiger charge is -2.04. The Bertz CT molecular complexity index is 503. The van der Waals surface area contributed by atoms with E-state index in [4.69, 9.17) is 11.6 Å². The van der Waals surface area contributed by atoms with E-state index in [9.17, 15) is 4.79 Å². The van der Waals surface area contributed by atoms with Gasteiger partial charge in [-0.15, -0.1) is 11.6 Å². The number of benzene rings is 2. The molecule has 1 atom stereocenters. The van der Waals surface area contributed by atoms with Crippen LogP contribution in [0.4, 0.5) is 0 Å². The lowest BCUT2D eigenvalue weighted by Crippen LogP contribution is -2.09. The van der Waals surface area contributed by atoms with Crippen molar-refractivity contribution in [1.29, 1.82) is 0 Å². The maximum Gasteiger partial charge on any atom is 0.180 e. The van der Waals surface area contributed by atoms with E-state index in [1.165, 1.54) is 0 Å². The molecule has 2 aromatic carbocycles. The number of hydrogen-bond donors (Lipinski definition) is 0. The van der Waals surface area contributed by atoms with Crippen LogP contribution >= 0.6 is 11.6 Å². The fourth-order valence-electron chi connectivity index (χ4n) is 1.57. The molecule has 1 nitrogen and oxygen atoms in total. The van der Waals surface area contributed by atoms with Crippen molar-refractivity contribution in [2.45, 2.75) is 12.3 Å². The lowest BCUT2D eigenvalue weighted by atomic mass is 10.0. The standard InChI is InChI=1S/C13H11ClO/c1-9(14)13(15)12-7-6-10-4-2-3-5-11(10)8-12/h2-9H,1H3/t9-/m0/s1. The molecule has 76 valence electrons. The summed E-state index contributed by atoms with van der Waals surface area (Å²) in [7, 11) is 0. The molecule has 2 aromatic rings. The minimum Gasteiger partial charge on any atom is -0.293 e. The van der Waals surface area contributed by atoms with Crippen LogP contribution in [0.2, 0.25) is 0 Å². The van der Waals surface area contributed by atoms with E-state index in [2.05, 4.69) is 0 Å². The Balaban J connectivity index is 2.52. The molecule has 0 aliphatic rings. The van der Waals surface area contributed by atoms with E-state index in [0.29, 0.717) is 5.56 Å². The zero-order valence-corrected chi connectivity index (χ0v) is 9.16. The molecule has 0 bridgehead atoms. The van der Waals surface area contributed by atoms with E-state index in [1.807, 2.05) is 42.5 Å². The molecular formula is C13H11ClO. The van der Waals surface area contributed by atoms with Crippen LogP contribution in [-0.2, 0) is 0 Å². The van der Waals surface area contributed by atoms with Crippen LogP contribution in [0.5, 0.6) is 0 Å². The zero-order chi connectivity index (χ0) is 10.8. The maximum atomic E-state index is 11.7. The number of hydrogen-bond acceptors (Lipinski definition) is 1. The van der Waals surface area contributed by atoms with Crippen molar-refractivity contribution in [3.8, 4) is 0 Å².